The Kier molecular flexibility index (Phi) is 4.98. The fourth-order valence-electron chi connectivity index (χ4n) is 1.63. The Hall–Kier alpha value is -1.85. The first kappa shape index (κ1) is 15.5. The second kappa shape index (κ2) is 6.74. The smallest absolute Gasteiger partial charge is 0.345 e. The summed E-state index contributed by atoms with van der Waals surface area (Å²) in [6.45, 7) is 1.42. The first-order valence-electron chi connectivity index (χ1n) is 6.00. The monoisotopic (exact) mass is 367 g/mol. The number of carbonyl (C=O) groups is 2. The van der Waals surface area contributed by atoms with Gasteiger partial charge in [-0.15, -0.1) is 0 Å². The van der Waals surface area contributed by atoms with Gasteiger partial charge < -0.3 is 10.1 Å². The highest BCUT2D eigenvalue weighted by Crippen LogP contribution is 2.23. The molecule has 0 aliphatic heterocycles. The number of anilines is 1. The van der Waals surface area contributed by atoms with Crippen LogP contribution in [-0.2, 0) is 4.79 Å². The molecule has 0 radical (unpaired) electrons. The van der Waals surface area contributed by atoms with E-state index in [0.29, 0.717) is 16.5 Å². The Labute approximate surface area is 135 Å². The van der Waals surface area contributed by atoms with Gasteiger partial charge in [0.05, 0.1) is 10.6 Å². The summed E-state index contributed by atoms with van der Waals surface area (Å²) in [6, 6.07) is 11.4. The molecule has 2 aromatic rings. The zero-order valence-electron chi connectivity index (χ0n) is 11.0. The molecular formula is C15H11BrClNO3. The molecule has 2 aromatic carbocycles. The van der Waals surface area contributed by atoms with Crippen molar-refractivity contribution >= 4 is 45.1 Å². The largest absolute Gasteiger partial charge is 0.423 e. The third kappa shape index (κ3) is 4.31. The van der Waals surface area contributed by atoms with Gasteiger partial charge in [-0.05, 0) is 42.5 Å². The summed E-state index contributed by atoms with van der Waals surface area (Å²) in [7, 11) is 0. The van der Waals surface area contributed by atoms with E-state index in [1.165, 1.54) is 6.92 Å². The Morgan fingerprint density at radius 3 is 2.38 bits per heavy atom. The van der Waals surface area contributed by atoms with Crippen molar-refractivity contribution in [2.45, 2.75) is 6.92 Å². The summed E-state index contributed by atoms with van der Waals surface area (Å²) >= 11 is 9.26. The molecule has 108 valence electrons. The summed E-state index contributed by atoms with van der Waals surface area (Å²) in [5.41, 5.74) is 0.912. The number of nitrogens with one attached hydrogen (secondary N) is 1. The van der Waals surface area contributed by atoms with E-state index in [9.17, 15) is 9.59 Å². The van der Waals surface area contributed by atoms with Crippen LogP contribution < -0.4 is 10.1 Å². The molecule has 0 atom stereocenters. The molecule has 0 bridgehead atoms. The van der Waals surface area contributed by atoms with Gasteiger partial charge in [0.1, 0.15) is 5.75 Å². The maximum atomic E-state index is 12.0. The van der Waals surface area contributed by atoms with Gasteiger partial charge in [0, 0.05) is 17.1 Å². The quantitative estimate of drug-likeness (QED) is 0.650. The van der Waals surface area contributed by atoms with Crippen LogP contribution in [0.15, 0.2) is 46.9 Å². The Morgan fingerprint density at radius 2 is 1.81 bits per heavy atom. The number of hydrogen-bond donors (Lipinski definition) is 1. The number of hydrogen-bond acceptors (Lipinski definition) is 3. The van der Waals surface area contributed by atoms with Crippen LogP contribution in [0.25, 0.3) is 0 Å². The normalized spacial score (nSPS) is 10.0. The van der Waals surface area contributed by atoms with E-state index in [1.54, 1.807) is 42.5 Å². The third-order valence-corrected chi connectivity index (χ3v) is 3.34. The Bertz CT molecular complexity index is 686. The number of benzene rings is 2. The molecule has 0 aliphatic rings. The number of rotatable bonds is 3. The highest BCUT2D eigenvalue weighted by atomic mass is 79.9. The SMILES string of the molecule is CC(=O)Nc1ccc(OC(=O)c2ccc(Br)cc2Cl)cc1. The number of halogens is 2. The molecule has 21 heavy (non-hydrogen) atoms. The summed E-state index contributed by atoms with van der Waals surface area (Å²) < 4.78 is 6.01. The van der Waals surface area contributed by atoms with Crippen molar-refractivity contribution in [1.29, 1.82) is 0 Å². The lowest BCUT2D eigenvalue weighted by atomic mass is 10.2. The highest BCUT2D eigenvalue weighted by Gasteiger charge is 2.13. The van der Waals surface area contributed by atoms with Crippen LogP contribution in [0.2, 0.25) is 5.02 Å². The first-order chi connectivity index (χ1) is 9.95. The average Bonchev–Trinajstić information content (AvgIpc) is 2.40. The summed E-state index contributed by atoms with van der Waals surface area (Å²) in [5.74, 6) is -0.339. The van der Waals surface area contributed by atoms with Crippen molar-refractivity contribution in [1.82, 2.24) is 0 Å². The molecule has 6 heteroatoms. The molecule has 0 saturated carbocycles. The van der Waals surface area contributed by atoms with Crippen LogP contribution in [0.3, 0.4) is 0 Å². The van der Waals surface area contributed by atoms with Crippen molar-refractivity contribution in [3.8, 4) is 5.75 Å². The number of carbonyl (C=O) groups excluding carboxylic acids is 2. The second-order valence-corrected chi connectivity index (χ2v) is 5.54. The van der Waals surface area contributed by atoms with Crippen molar-refractivity contribution in [3.63, 3.8) is 0 Å². The molecule has 0 aliphatic carbocycles. The number of ether oxygens (including phenoxy) is 1. The second-order valence-electron chi connectivity index (χ2n) is 4.22. The van der Waals surface area contributed by atoms with Gasteiger partial charge in [-0.1, -0.05) is 27.5 Å². The standard InChI is InChI=1S/C15H11BrClNO3/c1-9(19)18-11-3-5-12(6-4-11)21-15(20)13-7-2-10(16)8-14(13)17/h2-8H,1H3,(H,18,19). The summed E-state index contributed by atoms with van der Waals surface area (Å²) in [4.78, 5) is 22.9. The van der Waals surface area contributed by atoms with Crippen LogP contribution in [0.4, 0.5) is 5.69 Å². The lowest BCUT2D eigenvalue weighted by molar-refractivity contribution is -0.114. The van der Waals surface area contributed by atoms with Crippen molar-refractivity contribution < 1.29 is 14.3 Å². The van der Waals surface area contributed by atoms with Crippen LogP contribution in [0, 0.1) is 0 Å². The lowest BCUT2D eigenvalue weighted by Crippen LogP contribution is -2.09. The average molecular weight is 369 g/mol. The number of esters is 1. The van der Waals surface area contributed by atoms with Gasteiger partial charge in [0.25, 0.3) is 0 Å². The molecule has 1 amide bonds. The maximum absolute atomic E-state index is 12.0. The van der Waals surface area contributed by atoms with E-state index in [0.717, 1.165) is 4.47 Å². The first-order valence-corrected chi connectivity index (χ1v) is 7.17. The highest BCUT2D eigenvalue weighted by molar-refractivity contribution is 9.10. The number of amides is 1. The molecule has 0 aromatic heterocycles. The van der Waals surface area contributed by atoms with Gasteiger partial charge in [0.2, 0.25) is 5.91 Å². The van der Waals surface area contributed by atoms with E-state index in [1.807, 2.05) is 0 Å². The molecular weight excluding hydrogens is 358 g/mol. The van der Waals surface area contributed by atoms with Crippen LogP contribution in [-0.4, -0.2) is 11.9 Å². The summed E-state index contributed by atoms with van der Waals surface area (Å²) in [6.07, 6.45) is 0. The van der Waals surface area contributed by atoms with E-state index in [2.05, 4.69) is 21.2 Å². The lowest BCUT2D eigenvalue weighted by Gasteiger charge is -2.07. The maximum Gasteiger partial charge on any atom is 0.345 e. The Morgan fingerprint density at radius 1 is 1.14 bits per heavy atom. The van der Waals surface area contributed by atoms with Gasteiger partial charge in [0.15, 0.2) is 0 Å². The minimum atomic E-state index is -0.542. The molecule has 4 nitrogen and oxygen atoms in total. The van der Waals surface area contributed by atoms with Gasteiger partial charge in [-0.2, -0.15) is 0 Å². The molecule has 1 N–H and O–H groups in total. The van der Waals surface area contributed by atoms with Gasteiger partial charge in [-0.3, -0.25) is 4.79 Å². The topological polar surface area (TPSA) is 55.4 Å². The minimum absolute atomic E-state index is 0.165. The van der Waals surface area contributed by atoms with E-state index in [-0.39, 0.29) is 11.5 Å². The van der Waals surface area contributed by atoms with Crippen LogP contribution in [0.1, 0.15) is 17.3 Å². The van der Waals surface area contributed by atoms with E-state index in [4.69, 9.17) is 16.3 Å². The predicted molar refractivity (Wildman–Crippen MR) is 84.9 cm³/mol. The molecule has 0 fully saturated rings. The van der Waals surface area contributed by atoms with Gasteiger partial charge >= 0.3 is 5.97 Å². The van der Waals surface area contributed by atoms with E-state index >= 15 is 0 Å². The van der Waals surface area contributed by atoms with Crippen LogP contribution in [0.5, 0.6) is 5.75 Å². The molecule has 0 heterocycles. The Balaban J connectivity index is 2.10. The fourth-order valence-corrected chi connectivity index (χ4v) is 2.38. The zero-order chi connectivity index (χ0) is 15.4. The van der Waals surface area contributed by atoms with E-state index < -0.39 is 5.97 Å². The van der Waals surface area contributed by atoms with Crippen molar-refractivity contribution in [2.24, 2.45) is 0 Å². The third-order valence-electron chi connectivity index (χ3n) is 2.54. The molecule has 0 spiro atoms. The van der Waals surface area contributed by atoms with Crippen LogP contribution >= 0.6 is 27.5 Å². The molecule has 0 unspecified atom stereocenters. The molecule has 2 rings (SSSR count). The molecule has 0 saturated heterocycles. The van der Waals surface area contributed by atoms with Crippen molar-refractivity contribution in [3.05, 3.63) is 57.5 Å². The zero-order valence-corrected chi connectivity index (χ0v) is 13.4. The summed E-state index contributed by atoms with van der Waals surface area (Å²) in [5, 5.41) is 2.94. The fraction of sp³-hybridized carbons (Fsp3) is 0.0667. The van der Waals surface area contributed by atoms with Crippen molar-refractivity contribution in [2.75, 3.05) is 5.32 Å². The van der Waals surface area contributed by atoms with Gasteiger partial charge in [-0.25, -0.2) is 4.79 Å². The minimum Gasteiger partial charge on any atom is -0.423 e. The predicted octanol–water partition coefficient (Wildman–Crippen LogP) is 4.28.